The fraction of sp³-hybridized carbons (Fsp3) is 0.571. The number of pyridine rings is 1. The van der Waals surface area contributed by atoms with Gasteiger partial charge in [0.15, 0.2) is 0 Å². The van der Waals surface area contributed by atoms with Gasteiger partial charge >= 0.3 is 5.97 Å². The Bertz CT molecular complexity index is 477. The Labute approximate surface area is 118 Å². The fourth-order valence-corrected chi connectivity index (χ4v) is 2.51. The second kappa shape index (κ2) is 5.76. The van der Waals surface area contributed by atoms with E-state index < -0.39 is 11.6 Å². The predicted molar refractivity (Wildman–Crippen MR) is 76.1 cm³/mol. The second-order valence-corrected chi connectivity index (χ2v) is 5.77. The Balaban J connectivity index is 2.03. The van der Waals surface area contributed by atoms with E-state index in [2.05, 4.69) is 9.88 Å². The molecule has 6 heteroatoms. The molecule has 110 valence electrons. The molecule has 0 aliphatic carbocycles. The first-order valence-corrected chi connectivity index (χ1v) is 6.74. The van der Waals surface area contributed by atoms with E-state index in [-0.39, 0.29) is 5.56 Å². The summed E-state index contributed by atoms with van der Waals surface area (Å²) in [5, 5.41) is 19.0. The van der Waals surface area contributed by atoms with Crippen LogP contribution in [0.25, 0.3) is 0 Å². The van der Waals surface area contributed by atoms with Gasteiger partial charge in [-0.2, -0.15) is 0 Å². The largest absolute Gasteiger partial charge is 0.478 e. The van der Waals surface area contributed by atoms with E-state index in [0.717, 1.165) is 26.2 Å². The molecule has 6 nitrogen and oxygen atoms in total. The highest BCUT2D eigenvalue weighted by Gasteiger charge is 2.24. The summed E-state index contributed by atoms with van der Waals surface area (Å²) in [7, 11) is 0. The molecule has 0 spiro atoms. The molecular formula is C14H21N3O3. The molecule has 0 aromatic carbocycles. The Morgan fingerprint density at radius 2 is 2.00 bits per heavy atom. The van der Waals surface area contributed by atoms with E-state index >= 15 is 0 Å². The molecule has 1 saturated heterocycles. The number of anilines is 1. The number of carboxylic acid groups (broad SMARTS) is 1. The lowest BCUT2D eigenvalue weighted by atomic mass is 10.1. The van der Waals surface area contributed by atoms with Crippen LogP contribution in [0.15, 0.2) is 18.5 Å². The maximum atomic E-state index is 11.2. The first-order valence-electron chi connectivity index (χ1n) is 6.74. The number of nitrogens with zero attached hydrogens (tertiary/aromatic N) is 3. The molecule has 2 rings (SSSR count). The zero-order chi connectivity index (χ0) is 14.8. The van der Waals surface area contributed by atoms with E-state index in [4.69, 9.17) is 0 Å². The van der Waals surface area contributed by atoms with E-state index in [9.17, 15) is 15.0 Å². The van der Waals surface area contributed by atoms with Crippen LogP contribution in [0.4, 0.5) is 5.69 Å². The quantitative estimate of drug-likeness (QED) is 0.843. The number of β-amino-alcohol motifs (C(OH)–C–C–N with tert-alkyl or cyclic N) is 1. The van der Waals surface area contributed by atoms with Gasteiger partial charge in [0.1, 0.15) is 0 Å². The number of rotatable bonds is 4. The summed E-state index contributed by atoms with van der Waals surface area (Å²) in [6, 6.07) is 1.53. The summed E-state index contributed by atoms with van der Waals surface area (Å²) in [4.78, 5) is 19.5. The average Bonchev–Trinajstić information content (AvgIpc) is 2.38. The van der Waals surface area contributed by atoms with Crippen molar-refractivity contribution in [2.45, 2.75) is 19.4 Å². The molecule has 1 aromatic rings. The number of piperazine rings is 1. The number of hydrogen-bond acceptors (Lipinski definition) is 5. The Hall–Kier alpha value is -1.66. The molecule has 0 amide bonds. The van der Waals surface area contributed by atoms with Crippen molar-refractivity contribution >= 4 is 11.7 Å². The van der Waals surface area contributed by atoms with Gasteiger partial charge < -0.3 is 15.1 Å². The molecule has 0 bridgehead atoms. The number of aromatic nitrogens is 1. The molecule has 0 radical (unpaired) electrons. The van der Waals surface area contributed by atoms with Crippen molar-refractivity contribution in [1.29, 1.82) is 0 Å². The van der Waals surface area contributed by atoms with Crippen LogP contribution in [0.5, 0.6) is 0 Å². The molecule has 1 aliphatic heterocycles. The molecule has 1 aliphatic rings. The highest BCUT2D eigenvalue weighted by molar-refractivity contribution is 5.94. The van der Waals surface area contributed by atoms with Crippen molar-refractivity contribution in [2.24, 2.45) is 0 Å². The van der Waals surface area contributed by atoms with Crippen molar-refractivity contribution in [3.05, 3.63) is 24.0 Å². The van der Waals surface area contributed by atoms with Crippen LogP contribution >= 0.6 is 0 Å². The second-order valence-electron chi connectivity index (χ2n) is 5.77. The number of aliphatic hydroxyl groups is 1. The van der Waals surface area contributed by atoms with Crippen molar-refractivity contribution < 1.29 is 15.0 Å². The summed E-state index contributed by atoms with van der Waals surface area (Å²) >= 11 is 0. The van der Waals surface area contributed by atoms with Crippen molar-refractivity contribution in [3.63, 3.8) is 0 Å². The van der Waals surface area contributed by atoms with Gasteiger partial charge in [-0.3, -0.25) is 9.88 Å². The summed E-state index contributed by atoms with van der Waals surface area (Å²) in [5.74, 6) is -0.929. The third kappa shape index (κ3) is 3.68. The van der Waals surface area contributed by atoms with Crippen LogP contribution in [0.3, 0.4) is 0 Å². The molecule has 1 fully saturated rings. The third-order valence-corrected chi connectivity index (χ3v) is 3.35. The minimum absolute atomic E-state index is 0.288. The number of carboxylic acids is 1. The molecule has 20 heavy (non-hydrogen) atoms. The van der Waals surface area contributed by atoms with Crippen molar-refractivity contribution in [3.8, 4) is 0 Å². The van der Waals surface area contributed by atoms with Crippen molar-refractivity contribution in [2.75, 3.05) is 37.6 Å². The van der Waals surface area contributed by atoms with Gasteiger partial charge in [-0.05, 0) is 19.9 Å². The van der Waals surface area contributed by atoms with Crippen LogP contribution in [0.2, 0.25) is 0 Å². The molecule has 2 N–H and O–H groups in total. The molecule has 2 heterocycles. The monoisotopic (exact) mass is 279 g/mol. The van der Waals surface area contributed by atoms with Gasteiger partial charge in [0, 0.05) is 38.9 Å². The summed E-state index contributed by atoms with van der Waals surface area (Å²) in [5.41, 5.74) is 0.252. The number of carbonyl (C=O) groups is 1. The molecule has 0 unspecified atom stereocenters. The van der Waals surface area contributed by atoms with Crippen LogP contribution in [-0.4, -0.2) is 64.4 Å². The van der Waals surface area contributed by atoms with Gasteiger partial charge in [-0.15, -0.1) is 0 Å². The zero-order valence-corrected chi connectivity index (χ0v) is 11.9. The first-order chi connectivity index (χ1) is 9.37. The van der Waals surface area contributed by atoms with Gasteiger partial charge in [0.25, 0.3) is 0 Å². The van der Waals surface area contributed by atoms with Crippen LogP contribution in [0.1, 0.15) is 24.2 Å². The summed E-state index contributed by atoms with van der Waals surface area (Å²) in [6.07, 6.45) is 3.10. The highest BCUT2D eigenvalue weighted by atomic mass is 16.4. The van der Waals surface area contributed by atoms with Crippen LogP contribution < -0.4 is 4.90 Å². The van der Waals surface area contributed by atoms with Crippen molar-refractivity contribution in [1.82, 2.24) is 9.88 Å². The minimum Gasteiger partial charge on any atom is -0.478 e. The van der Waals surface area contributed by atoms with E-state index in [1.54, 1.807) is 20.0 Å². The first kappa shape index (κ1) is 14.7. The summed E-state index contributed by atoms with van der Waals surface area (Å²) < 4.78 is 0. The normalized spacial score (nSPS) is 17.2. The fourth-order valence-electron chi connectivity index (χ4n) is 2.51. The number of hydrogen-bond donors (Lipinski definition) is 2. The van der Waals surface area contributed by atoms with Gasteiger partial charge in [0.2, 0.25) is 0 Å². The Kier molecular flexibility index (Phi) is 4.25. The minimum atomic E-state index is -0.929. The zero-order valence-electron chi connectivity index (χ0n) is 11.9. The van der Waals surface area contributed by atoms with Gasteiger partial charge in [-0.25, -0.2) is 4.79 Å². The standard InChI is InChI=1S/C14H21N3O3/c1-14(2,20)10-16-5-7-17(8-6-16)12-9-15-4-3-11(12)13(18)19/h3-4,9,20H,5-8,10H2,1-2H3,(H,18,19). The molecule has 0 saturated carbocycles. The Morgan fingerprint density at radius 1 is 1.35 bits per heavy atom. The van der Waals surface area contributed by atoms with Gasteiger partial charge in [0.05, 0.1) is 23.0 Å². The van der Waals surface area contributed by atoms with E-state index in [1.165, 1.54) is 12.3 Å². The highest BCUT2D eigenvalue weighted by Crippen LogP contribution is 2.21. The SMILES string of the molecule is CC(C)(O)CN1CCN(c2cnccc2C(=O)O)CC1. The molecule has 0 atom stereocenters. The lowest BCUT2D eigenvalue weighted by molar-refractivity contribution is 0.0345. The smallest absolute Gasteiger partial charge is 0.337 e. The predicted octanol–water partition coefficient (Wildman–Crippen LogP) is 0.673. The third-order valence-electron chi connectivity index (χ3n) is 3.35. The van der Waals surface area contributed by atoms with Crippen LogP contribution in [0, 0.1) is 0 Å². The van der Waals surface area contributed by atoms with E-state index in [1.807, 2.05) is 4.90 Å². The number of aromatic carboxylic acids is 1. The van der Waals surface area contributed by atoms with E-state index in [0.29, 0.717) is 12.2 Å². The summed E-state index contributed by atoms with van der Waals surface area (Å²) in [6.45, 7) is 7.30. The maximum absolute atomic E-state index is 11.2. The lowest BCUT2D eigenvalue weighted by Gasteiger charge is -2.38. The molecule has 1 aromatic heterocycles. The topological polar surface area (TPSA) is 76.9 Å². The Morgan fingerprint density at radius 3 is 2.55 bits per heavy atom. The van der Waals surface area contributed by atoms with Gasteiger partial charge in [-0.1, -0.05) is 0 Å². The lowest BCUT2D eigenvalue weighted by Crippen LogP contribution is -2.50. The molecular weight excluding hydrogens is 258 g/mol. The van der Waals surface area contributed by atoms with Crippen LogP contribution in [-0.2, 0) is 0 Å². The average molecular weight is 279 g/mol. The maximum Gasteiger partial charge on any atom is 0.337 e.